The lowest BCUT2D eigenvalue weighted by Gasteiger charge is -2.02. The van der Waals surface area contributed by atoms with E-state index in [0.29, 0.717) is 0 Å². The average Bonchev–Trinajstić information content (AvgIpc) is 2.83. The lowest BCUT2D eigenvalue weighted by Crippen LogP contribution is -2.16. The molecule has 86 valence electrons. The highest BCUT2D eigenvalue weighted by Gasteiger charge is 2.00. The van der Waals surface area contributed by atoms with E-state index in [1.165, 1.54) is 10.4 Å². The summed E-state index contributed by atoms with van der Waals surface area (Å²) >= 11 is 1.82. The molecule has 3 nitrogen and oxygen atoms in total. The molecule has 1 N–H and O–H groups in total. The highest BCUT2D eigenvalue weighted by atomic mass is 32.1. The Bertz CT molecular complexity index is 445. The van der Waals surface area contributed by atoms with Gasteiger partial charge < -0.3 is 5.32 Å². The van der Waals surface area contributed by atoms with Crippen molar-refractivity contribution >= 4 is 11.3 Å². The monoisotopic (exact) mass is 235 g/mol. The van der Waals surface area contributed by atoms with Crippen LogP contribution in [0.3, 0.4) is 0 Å². The number of aromatic nitrogens is 2. The molecule has 0 aromatic carbocycles. The molecule has 0 unspecified atom stereocenters. The molecule has 2 aromatic heterocycles. The molecular weight excluding hydrogens is 218 g/mol. The minimum Gasteiger partial charge on any atom is -0.311 e. The molecule has 2 aromatic rings. The Morgan fingerprint density at radius 1 is 1.44 bits per heavy atom. The molecule has 0 bridgehead atoms. The van der Waals surface area contributed by atoms with E-state index in [9.17, 15) is 0 Å². The molecule has 2 rings (SSSR count). The molecule has 0 spiro atoms. The zero-order chi connectivity index (χ0) is 11.4. The van der Waals surface area contributed by atoms with Gasteiger partial charge in [0.05, 0.1) is 5.69 Å². The predicted molar refractivity (Wildman–Crippen MR) is 67.7 cm³/mol. The summed E-state index contributed by atoms with van der Waals surface area (Å²) in [6.07, 6.45) is 2.98. The van der Waals surface area contributed by atoms with Crippen LogP contribution in [0.2, 0.25) is 0 Å². The Kier molecular flexibility index (Phi) is 3.74. The van der Waals surface area contributed by atoms with Crippen molar-refractivity contribution in [2.75, 3.05) is 6.54 Å². The van der Waals surface area contributed by atoms with E-state index in [1.807, 2.05) is 29.3 Å². The van der Waals surface area contributed by atoms with Crippen LogP contribution in [0.4, 0.5) is 0 Å². The fourth-order valence-corrected chi connectivity index (χ4v) is 2.48. The molecule has 0 aliphatic rings. The summed E-state index contributed by atoms with van der Waals surface area (Å²) in [7, 11) is 1.95. The second-order valence-corrected chi connectivity index (χ2v) is 4.93. The normalized spacial score (nSPS) is 10.9. The summed E-state index contributed by atoms with van der Waals surface area (Å²) in [5.41, 5.74) is 2.54. The van der Waals surface area contributed by atoms with Gasteiger partial charge in [-0.1, -0.05) is 0 Å². The Morgan fingerprint density at radius 2 is 2.31 bits per heavy atom. The van der Waals surface area contributed by atoms with Gasteiger partial charge in [-0.25, -0.2) is 0 Å². The first-order valence-corrected chi connectivity index (χ1v) is 6.36. The molecule has 0 saturated heterocycles. The predicted octanol–water partition coefficient (Wildman–Crippen LogP) is 2.12. The largest absolute Gasteiger partial charge is 0.311 e. The maximum atomic E-state index is 4.34. The van der Waals surface area contributed by atoms with Gasteiger partial charge in [0.1, 0.15) is 0 Å². The van der Waals surface area contributed by atoms with Crippen molar-refractivity contribution in [1.29, 1.82) is 0 Å². The summed E-state index contributed by atoms with van der Waals surface area (Å²) in [5.74, 6) is 0. The summed E-state index contributed by atoms with van der Waals surface area (Å²) in [6, 6.07) is 4.23. The van der Waals surface area contributed by atoms with Gasteiger partial charge in [-0.3, -0.25) is 4.68 Å². The Hall–Kier alpha value is -1.13. The van der Waals surface area contributed by atoms with Gasteiger partial charge in [-0.05, 0) is 30.0 Å². The summed E-state index contributed by atoms with van der Waals surface area (Å²) in [5, 5.41) is 9.93. The molecular formula is C12H17N3S. The Balaban J connectivity index is 1.71. The minimum absolute atomic E-state index is 0.969. The second-order valence-electron chi connectivity index (χ2n) is 3.93. The quantitative estimate of drug-likeness (QED) is 0.805. The van der Waals surface area contributed by atoms with Crippen molar-refractivity contribution in [2.45, 2.75) is 19.9 Å². The fraction of sp³-hybridized carbons (Fsp3) is 0.417. The third-order valence-electron chi connectivity index (χ3n) is 2.58. The SMILES string of the molecule is Cc1ccsc1CNCCc1ccn(C)n1. The van der Waals surface area contributed by atoms with Gasteiger partial charge in [0.2, 0.25) is 0 Å². The number of hydrogen-bond donors (Lipinski definition) is 1. The number of nitrogens with zero attached hydrogens (tertiary/aromatic N) is 2. The topological polar surface area (TPSA) is 29.9 Å². The van der Waals surface area contributed by atoms with Crippen molar-refractivity contribution < 1.29 is 0 Å². The van der Waals surface area contributed by atoms with Gasteiger partial charge in [0.25, 0.3) is 0 Å². The van der Waals surface area contributed by atoms with E-state index in [-0.39, 0.29) is 0 Å². The highest BCUT2D eigenvalue weighted by Crippen LogP contribution is 2.14. The van der Waals surface area contributed by atoms with Gasteiger partial charge >= 0.3 is 0 Å². The van der Waals surface area contributed by atoms with E-state index in [4.69, 9.17) is 0 Å². The first-order chi connectivity index (χ1) is 7.75. The van der Waals surface area contributed by atoms with Crippen LogP contribution in [-0.4, -0.2) is 16.3 Å². The maximum absolute atomic E-state index is 4.34. The first kappa shape index (κ1) is 11.4. The molecule has 0 radical (unpaired) electrons. The zero-order valence-electron chi connectivity index (χ0n) is 9.73. The molecule has 0 atom stereocenters. The maximum Gasteiger partial charge on any atom is 0.0637 e. The lowest BCUT2D eigenvalue weighted by atomic mass is 10.3. The van der Waals surface area contributed by atoms with Crippen LogP contribution in [0.5, 0.6) is 0 Å². The molecule has 16 heavy (non-hydrogen) atoms. The number of nitrogens with one attached hydrogen (secondary N) is 1. The molecule has 4 heteroatoms. The average molecular weight is 235 g/mol. The molecule has 0 aliphatic heterocycles. The molecule has 0 aliphatic carbocycles. The number of hydrogen-bond acceptors (Lipinski definition) is 3. The van der Waals surface area contributed by atoms with Crippen molar-refractivity contribution in [3.05, 3.63) is 39.8 Å². The summed E-state index contributed by atoms with van der Waals surface area (Å²) in [6.45, 7) is 4.11. The van der Waals surface area contributed by atoms with Crippen LogP contribution in [0.25, 0.3) is 0 Å². The Morgan fingerprint density at radius 3 is 2.94 bits per heavy atom. The summed E-state index contributed by atoms with van der Waals surface area (Å²) < 4.78 is 1.85. The van der Waals surface area contributed by atoms with Gasteiger partial charge in [-0.2, -0.15) is 5.10 Å². The van der Waals surface area contributed by atoms with Gasteiger partial charge in [0.15, 0.2) is 0 Å². The van der Waals surface area contributed by atoms with Crippen molar-refractivity contribution in [3.63, 3.8) is 0 Å². The first-order valence-electron chi connectivity index (χ1n) is 5.48. The van der Waals surface area contributed by atoms with Gasteiger partial charge in [-0.15, -0.1) is 11.3 Å². The second kappa shape index (κ2) is 5.27. The van der Waals surface area contributed by atoms with E-state index < -0.39 is 0 Å². The van der Waals surface area contributed by atoms with Crippen molar-refractivity contribution in [3.8, 4) is 0 Å². The number of aryl methyl sites for hydroxylation is 2. The zero-order valence-corrected chi connectivity index (χ0v) is 10.5. The molecule has 0 fully saturated rings. The molecule has 0 amide bonds. The fourth-order valence-electron chi connectivity index (χ4n) is 1.60. The van der Waals surface area contributed by atoms with Crippen LogP contribution in [0.15, 0.2) is 23.7 Å². The van der Waals surface area contributed by atoms with E-state index in [0.717, 1.165) is 25.2 Å². The minimum atomic E-state index is 0.969. The lowest BCUT2D eigenvalue weighted by molar-refractivity contribution is 0.669. The van der Waals surface area contributed by atoms with Crippen molar-refractivity contribution in [1.82, 2.24) is 15.1 Å². The van der Waals surface area contributed by atoms with Crippen LogP contribution in [0.1, 0.15) is 16.1 Å². The van der Waals surface area contributed by atoms with Gasteiger partial charge in [0, 0.05) is 37.6 Å². The molecule has 2 heterocycles. The van der Waals surface area contributed by atoms with Crippen LogP contribution in [-0.2, 0) is 20.0 Å². The van der Waals surface area contributed by atoms with E-state index in [2.05, 4.69) is 34.9 Å². The van der Waals surface area contributed by atoms with Crippen LogP contribution < -0.4 is 5.32 Å². The molecule has 0 saturated carbocycles. The smallest absolute Gasteiger partial charge is 0.0637 e. The summed E-state index contributed by atoms with van der Waals surface area (Å²) in [4.78, 5) is 1.43. The van der Waals surface area contributed by atoms with E-state index >= 15 is 0 Å². The van der Waals surface area contributed by atoms with Crippen LogP contribution >= 0.6 is 11.3 Å². The highest BCUT2D eigenvalue weighted by molar-refractivity contribution is 7.10. The third-order valence-corrected chi connectivity index (χ3v) is 3.60. The standard InChI is InChI=1S/C12H17N3S/c1-10-5-8-16-12(10)9-13-6-3-11-4-7-15(2)14-11/h4-5,7-8,13H,3,6,9H2,1-2H3. The number of thiophene rings is 1. The number of rotatable bonds is 5. The Labute approximate surface area is 100 Å². The van der Waals surface area contributed by atoms with Crippen molar-refractivity contribution in [2.24, 2.45) is 7.05 Å². The van der Waals surface area contributed by atoms with Crippen LogP contribution in [0, 0.1) is 6.92 Å². The van der Waals surface area contributed by atoms with E-state index in [1.54, 1.807) is 0 Å². The third kappa shape index (κ3) is 2.93.